The van der Waals surface area contributed by atoms with Gasteiger partial charge in [-0.05, 0) is 43.3 Å². The van der Waals surface area contributed by atoms with E-state index in [1.807, 2.05) is 6.07 Å². The van der Waals surface area contributed by atoms with E-state index in [9.17, 15) is 14.4 Å². The Hall–Kier alpha value is -3.86. The molecule has 2 amide bonds. The fraction of sp³-hybridized carbons (Fsp3) is 0.273. The van der Waals surface area contributed by atoms with E-state index in [-0.39, 0.29) is 24.2 Å². The molecule has 0 saturated carbocycles. The largest absolute Gasteiger partial charge is 0.497 e. The first-order valence-corrected chi connectivity index (χ1v) is 9.24. The minimum absolute atomic E-state index is 0.124. The lowest BCUT2D eigenvalue weighted by Crippen LogP contribution is -2.38. The van der Waals surface area contributed by atoms with Gasteiger partial charge in [0.25, 0.3) is 11.8 Å². The number of nitrogens with one attached hydrogen (secondary N) is 1. The van der Waals surface area contributed by atoms with Gasteiger partial charge in [-0.2, -0.15) is 5.26 Å². The molecule has 8 heteroatoms. The number of hydrogen-bond acceptors (Lipinski definition) is 6. The van der Waals surface area contributed by atoms with Crippen molar-refractivity contribution in [3.05, 3.63) is 59.7 Å². The van der Waals surface area contributed by atoms with Crippen LogP contribution >= 0.6 is 0 Å². The van der Waals surface area contributed by atoms with Crippen molar-refractivity contribution >= 4 is 23.5 Å². The van der Waals surface area contributed by atoms with Crippen LogP contribution in [0.25, 0.3) is 0 Å². The number of carbonyl (C=O) groups is 3. The fourth-order valence-electron chi connectivity index (χ4n) is 2.62. The molecule has 30 heavy (non-hydrogen) atoms. The molecule has 0 aliphatic carbocycles. The number of ether oxygens (including phenoxy) is 2. The molecular weight excluding hydrogens is 386 g/mol. The molecule has 2 rings (SSSR count). The lowest BCUT2D eigenvalue weighted by Gasteiger charge is -2.21. The molecule has 8 nitrogen and oxygen atoms in total. The molecule has 0 fully saturated rings. The zero-order chi connectivity index (χ0) is 22.1. The Balaban J connectivity index is 2.09. The highest BCUT2D eigenvalue weighted by Crippen LogP contribution is 2.19. The quantitative estimate of drug-likeness (QED) is 0.672. The molecule has 0 unspecified atom stereocenters. The predicted octanol–water partition coefficient (Wildman–Crippen LogP) is 2.86. The smallest absolute Gasteiger partial charge is 0.341 e. The fourth-order valence-corrected chi connectivity index (χ4v) is 2.62. The zero-order valence-electron chi connectivity index (χ0n) is 17.0. The molecule has 0 aliphatic rings. The van der Waals surface area contributed by atoms with Crippen molar-refractivity contribution in [2.24, 2.45) is 0 Å². The average Bonchev–Trinajstić information content (AvgIpc) is 2.77. The van der Waals surface area contributed by atoms with E-state index in [1.54, 1.807) is 42.5 Å². The van der Waals surface area contributed by atoms with Gasteiger partial charge in [0.05, 0.1) is 30.9 Å². The van der Waals surface area contributed by atoms with Gasteiger partial charge in [0.1, 0.15) is 5.75 Å². The van der Waals surface area contributed by atoms with Crippen LogP contribution in [0.4, 0.5) is 5.69 Å². The number of benzene rings is 2. The van der Waals surface area contributed by atoms with Crippen LogP contribution in [0.3, 0.4) is 0 Å². The lowest BCUT2D eigenvalue weighted by molar-refractivity contribution is -0.138. The third-order valence-corrected chi connectivity index (χ3v) is 4.31. The van der Waals surface area contributed by atoms with E-state index in [2.05, 4.69) is 5.32 Å². The third kappa shape index (κ3) is 5.82. The second-order valence-electron chi connectivity index (χ2n) is 6.44. The van der Waals surface area contributed by atoms with Gasteiger partial charge >= 0.3 is 5.97 Å². The highest BCUT2D eigenvalue weighted by atomic mass is 16.5. The Morgan fingerprint density at radius 3 is 2.43 bits per heavy atom. The molecule has 1 N–H and O–H groups in total. The number of rotatable bonds is 8. The summed E-state index contributed by atoms with van der Waals surface area (Å²) in [6.45, 7) is 1.70. The van der Waals surface area contributed by atoms with E-state index in [0.717, 1.165) is 0 Å². The maximum absolute atomic E-state index is 12.6. The van der Waals surface area contributed by atoms with Crippen molar-refractivity contribution < 1.29 is 23.9 Å². The molecule has 0 radical (unpaired) electrons. The molecule has 2 aromatic rings. The van der Waals surface area contributed by atoms with Gasteiger partial charge in [0.15, 0.2) is 6.10 Å². The van der Waals surface area contributed by atoms with Crippen LogP contribution in [-0.4, -0.2) is 49.5 Å². The van der Waals surface area contributed by atoms with Gasteiger partial charge in [0, 0.05) is 19.2 Å². The van der Waals surface area contributed by atoms with Crippen molar-refractivity contribution in [1.29, 1.82) is 5.26 Å². The molecule has 0 aliphatic heterocycles. The number of esters is 1. The molecule has 0 heterocycles. The second-order valence-corrected chi connectivity index (χ2v) is 6.44. The van der Waals surface area contributed by atoms with Crippen molar-refractivity contribution in [3.63, 3.8) is 0 Å². The summed E-state index contributed by atoms with van der Waals surface area (Å²) >= 11 is 0. The topological polar surface area (TPSA) is 109 Å². The van der Waals surface area contributed by atoms with E-state index in [1.165, 1.54) is 32.0 Å². The van der Waals surface area contributed by atoms with Crippen LogP contribution in [0.2, 0.25) is 0 Å². The Bertz CT molecular complexity index is 950. The Kier molecular flexibility index (Phi) is 7.94. The van der Waals surface area contributed by atoms with Crippen LogP contribution in [0.5, 0.6) is 5.75 Å². The summed E-state index contributed by atoms with van der Waals surface area (Å²) < 4.78 is 10.3. The minimum Gasteiger partial charge on any atom is -0.497 e. The molecule has 1 atom stereocenters. The lowest BCUT2D eigenvalue weighted by atomic mass is 10.1. The summed E-state index contributed by atoms with van der Waals surface area (Å²) in [6.07, 6.45) is -0.852. The molecule has 0 spiro atoms. The van der Waals surface area contributed by atoms with Gasteiger partial charge in [-0.1, -0.05) is 12.1 Å². The van der Waals surface area contributed by atoms with E-state index >= 15 is 0 Å². The highest BCUT2D eigenvalue weighted by molar-refractivity contribution is 6.08. The molecule has 2 aromatic carbocycles. The number of carbonyl (C=O) groups excluding carboxylic acids is 3. The van der Waals surface area contributed by atoms with Gasteiger partial charge in [0.2, 0.25) is 0 Å². The first-order valence-electron chi connectivity index (χ1n) is 9.24. The summed E-state index contributed by atoms with van der Waals surface area (Å²) in [4.78, 5) is 38.7. The first-order chi connectivity index (χ1) is 14.4. The van der Waals surface area contributed by atoms with Gasteiger partial charge in [-0.3, -0.25) is 9.59 Å². The van der Waals surface area contributed by atoms with Crippen molar-refractivity contribution in [2.45, 2.75) is 19.4 Å². The summed E-state index contributed by atoms with van der Waals surface area (Å²) in [5.74, 6) is -0.944. The number of methoxy groups -OCH3 is 1. The van der Waals surface area contributed by atoms with Crippen LogP contribution in [-0.2, 0) is 9.53 Å². The van der Waals surface area contributed by atoms with Crippen molar-refractivity contribution in [3.8, 4) is 11.8 Å². The summed E-state index contributed by atoms with van der Waals surface area (Å²) in [6, 6.07) is 14.9. The number of para-hydroxylation sites is 1. The number of amides is 2. The van der Waals surface area contributed by atoms with Crippen LogP contribution in [0, 0.1) is 11.3 Å². The average molecular weight is 409 g/mol. The monoisotopic (exact) mass is 409 g/mol. The Labute approximate surface area is 175 Å². The van der Waals surface area contributed by atoms with Crippen molar-refractivity contribution in [2.75, 3.05) is 26.0 Å². The molecule has 0 bridgehead atoms. The predicted molar refractivity (Wildman–Crippen MR) is 110 cm³/mol. The first kappa shape index (κ1) is 22.4. The van der Waals surface area contributed by atoms with Crippen LogP contribution in [0.15, 0.2) is 48.5 Å². The van der Waals surface area contributed by atoms with Gasteiger partial charge in [-0.25, -0.2) is 4.79 Å². The number of nitriles is 1. The van der Waals surface area contributed by atoms with Crippen LogP contribution in [0.1, 0.15) is 34.1 Å². The zero-order valence-corrected chi connectivity index (χ0v) is 17.0. The maximum atomic E-state index is 12.6. The molecule has 156 valence electrons. The normalized spacial score (nSPS) is 11.0. The number of anilines is 1. The molecule has 0 aromatic heterocycles. The van der Waals surface area contributed by atoms with E-state index in [0.29, 0.717) is 11.3 Å². The molecule has 0 saturated heterocycles. The second kappa shape index (κ2) is 10.6. The van der Waals surface area contributed by atoms with Gasteiger partial charge in [-0.15, -0.1) is 0 Å². The van der Waals surface area contributed by atoms with Crippen molar-refractivity contribution in [1.82, 2.24) is 4.90 Å². The minimum atomic E-state index is -1.04. The van der Waals surface area contributed by atoms with E-state index < -0.39 is 23.9 Å². The maximum Gasteiger partial charge on any atom is 0.341 e. The highest BCUT2D eigenvalue weighted by Gasteiger charge is 2.23. The third-order valence-electron chi connectivity index (χ3n) is 4.31. The van der Waals surface area contributed by atoms with Gasteiger partial charge < -0.3 is 19.7 Å². The number of likely N-dealkylation sites (N-methyl/N-ethyl adjacent to an activating group) is 1. The Morgan fingerprint density at radius 1 is 1.13 bits per heavy atom. The number of nitrogens with zero attached hydrogens (tertiary/aromatic N) is 2. The summed E-state index contributed by atoms with van der Waals surface area (Å²) in [5, 5.41) is 11.3. The van der Waals surface area contributed by atoms with Crippen LogP contribution < -0.4 is 10.1 Å². The summed E-state index contributed by atoms with van der Waals surface area (Å²) in [5.41, 5.74) is 0.779. The Morgan fingerprint density at radius 2 is 1.80 bits per heavy atom. The summed E-state index contributed by atoms with van der Waals surface area (Å²) in [7, 11) is 3.07. The SMILES string of the molecule is COc1ccc(C(=O)Nc2ccccc2C(=O)O[C@H](C)C(=O)N(C)CCC#N)cc1. The standard InChI is InChI=1S/C22H23N3O5/c1-15(21(27)25(2)14-6-13-23)30-22(28)18-7-4-5-8-19(18)24-20(26)16-9-11-17(29-3)12-10-16/h4-5,7-12,15H,6,14H2,1-3H3,(H,24,26)/t15-/m1/s1. The van der Waals surface area contributed by atoms with E-state index in [4.69, 9.17) is 14.7 Å². The number of hydrogen-bond donors (Lipinski definition) is 1. The molecular formula is C22H23N3O5.